The Hall–Kier alpha value is -1.88. The van der Waals surface area contributed by atoms with E-state index in [1.807, 2.05) is 6.92 Å². The van der Waals surface area contributed by atoms with E-state index >= 15 is 0 Å². The van der Waals surface area contributed by atoms with Gasteiger partial charge < -0.3 is 15.8 Å². The average Bonchev–Trinajstić information content (AvgIpc) is 2.43. The topological polar surface area (TPSA) is 64.3 Å². The molecular formula is C16H23FN2O2. The van der Waals surface area contributed by atoms with E-state index in [-0.39, 0.29) is 11.9 Å². The summed E-state index contributed by atoms with van der Waals surface area (Å²) in [5.41, 5.74) is 6.63. The van der Waals surface area contributed by atoms with Gasteiger partial charge in [-0.05, 0) is 37.5 Å². The second-order valence-corrected chi connectivity index (χ2v) is 4.96. The number of benzene rings is 1. The SMILES string of the molecule is C=CCNC(=O)C(C)Oc1cc(F)cc(CC(N)CC)c1. The van der Waals surface area contributed by atoms with Crippen LogP contribution in [-0.2, 0) is 11.2 Å². The highest BCUT2D eigenvalue weighted by Crippen LogP contribution is 2.19. The van der Waals surface area contributed by atoms with Gasteiger partial charge in [0.1, 0.15) is 11.6 Å². The number of amides is 1. The summed E-state index contributed by atoms with van der Waals surface area (Å²) >= 11 is 0. The Morgan fingerprint density at radius 2 is 2.24 bits per heavy atom. The van der Waals surface area contributed by atoms with Crippen molar-refractivity contribution in [2.24, 2.45) is 5.73 Å². The molecule has 1 rings (SSSR count). The summed E-state index contributed by atoms with van der Waals surface area (Å²) in [6.07, 6.45) is 2.26. The quantitative estimate of drug-likeness (QED) is 0.722. The van der Waals surface area contributed by atoms with Gasteiger partial charge in [0.05, 0.1) is 0 Å². The van der Waals surface area contributed by atoms with Gasteiger partial charge >= 0.3 is 0 Å². The van der Waals surface area contributed by atoms with Gasteiger partial charge in [0.15, 0.2) is 6.10 Å². The molecule has 0 bridgehead atoms. The van der Waals surface area contributed by atoms with E-state index in [9.17, 15) is 9.18 Å². The lowest BCUT2D eigenvalue weighted by molar-refractivity contribution is -0.127. The Kier molecular flexibility index (Phi) is 6.88. The van der Waals surface area contributed by atoms with Gasteiger partial charge in [-0.25, -0.2) is 4.39 Å². The highest BCUT2D eigenvalue weighted by Gasteiger charge is 2.15. The lowest BCUT2D eigenvalue weighted by Crippen LogP contribution is -2.36. The van der Waals surface area contributed by atoms with E-state index in [4.69, 9.17) is 10.5 Å². The Balaban J connectivity index is 2.74. The van der Waals surface area contributed by atoms with Gasteiger partial charge in [0.2, 0.25) is 0 Å². The van der Waals surface area contributed by atoms with Gasteiger partial charge in [0, 0.05) is 18.7 Å². The van der Waals surface area contributed by atoms with Crippen molar-refractivity contribution in [1.82, 2.24) is 5.32 Å². The van der Waals surface area contributed by atoms with Crippen LogP contribution in [0.3, 0.4) is 0 Å². The molecule has 0 fully saturated rings. The van der Waals surface area contributed by atoms with Gasteiger partial charge in [0.25, 0.3) is 5.91 Å². The fraction of sp³-hybridized carbons (Fsp3) is 0.438. The van der Waals surface area contributed by atoms with E-state index in [0.29, 0.717) is 18.7 Å². The van der Waals surface area contributed by atoms with Gasteiger partial charge in [-0.3, -0.25) is 4.79 Å². The van der Waals surface area contributed by atoms with E-state index in [1.54, 1.807) is 19.1 Å². The number of hydrogen-bond acceptors (Lipinski definition) is 3. The number of hydrogen-bond donors (Lipinski definition) is 2. The maximum absolute atomic E-state index is 13.6. The second-order valence-electron chi connectivity index (χ2n) is 4.96. The monoisotopic (exact) mass is 294 g/mol. The van der Waals surface area contributed by atoms with Crippen LogP contribution in [0.4, 0.5) is 4.39 Å². The third kappa shape index (κ3) is 5.95. The number of ether oxygens (including phenoxy) is 1. The smallest absolute Gasteiger partial charge is 0.261 e. The zero-order valence-corrected chi connectivity index (χ0v) is 12.6. The van der Waals surface area contributed by atoms with Crippen LogP contribution in [0.2, 0.25) is 0 Å². The molecular weight excluding hydrogens is 271 g/mol. The van der Waals surface area contributed by atoms with Crippen molar-refractivity contribution in [3.05, 3.63) is 42.2 Å². The molecule has 4 nitrogen and oxygen atoms in total. The lowest BCUT2D eigenvalue weighted by atomic mass is 10.0. The van der Waals surface area contributed by atoms with Crippen molar-refractivity contribution in [2.75, 3.05) is 6.54 Å². The summed E-state index contributed by atoms with van der Waals surface area (Å²) in [6.45, 7) is 7.48. The van der Waals surface area contributed by atoms with Crippen molar-refractivity contribution < 1.29 is 13.9 Å². The Morgan fingerprint density at radius 3 is 2.86 bits per heavy atom. The molecule has 3 N–H and O–H groups in total. The molecule has 21 heavy (non-hydrogen) atoms. The van der Waals surface area contributed by atoms with E-state index < -0.39 is 11.9 Å². The summed E-state index contributed by atoms with van der Waals surface area (Å²) in [6, 6.07) is 4.40. The number of carbonyl (C=O) groups excluding carboxylic acids is 1. The number of halogens is 1. The molecule has 0 aliphatic carbocycles. The Bertz CT molecular complexity index is 491. The maximum atomic E-state index is 13.6. The minimum absolute atomic E-state index is 0.0204. The number of nitrogens with two attached hydrogens (primary N) is 1. The molecule has 0 aliphatic heterocycles. The predicted octanol–water partition coefficient (Wildman–Crippen LogP) is 2.17. The van der Waals surface area contributed by atoms with Crippen molar-refractivity contribution in [3.63, 3.8) is 0 Å². The maximum Gasteiger partial charge on any atom is 0.261 e. The van der Waals surface area contributed by atoms with Crippen molar-refractivity contribution in [1.29, 1.82) is 0 Å². The summed E-state index contributed by atoms with van der Waals surface area (Å²) < 4.78 is 19.1. The molecule has 2 atom stereocenters. The second kappa shape index (κ2) is 8.42. The zero-order chi connectivity index (χ0) is 15.8. The summed E-state index contributed by atoms with van der Waals surface area (Å²) in [7, 11) is 0. The minimum atomic E-state index is -0.709. The molecule has 0 spiro atoms. The first kappa shape index (κ1) is 17.2. The van der Waals surface area contributed by atoms with Crippen LogP contribution in [0.1, 0.15) is 25.8 Å². The molecule has 0 radical (unpaired) electrons. The summed E-state index contributed by atoms with van der Waals surface area (Å²) in [4.78, 5) is 11.7. The van der Waals surface area contributed by atoms with Crippen LogP contribution in [0.5, 0.6) is 5.75 Å². The average molecular weight is 294 g/mol. The van der Waals surface area contributed by atoms with E-state index in [2.05, 4.69) is 11.9 Å². The molecule has 0 aromatic heterocycles. The van der Waals surface area contributed by atoms with Crippen molar-refractivity contribution in [2.45, 2.75) is 38.8 Å². The molecule has 0 heterocycles. The third-order valence-corrected chi connectivity index (χ3v) is 3.06. The van der Waals surface area contributed by atoms with Gasteiger partial charge in [-0.15, -0.1) is 6.58 Å². The molecule has 0 saturated carbocycles. The molecule has 1 aromatic carbocycles. The van der Waals surface area contributed by atoms with Crippen molar-refractivity contribution in [3.8, 4) is 5.75 Å². The molecule has 116 valence electrons. The van der Waals surface area contributed by atoms with Crippen molar-refractivity contribution >= 4 is 5.91 Å². The predicted molar refractivity (Wildman–Crippen MR) is 81.7 cm³/mol. The van der Waals surface area contributed by atoms with Gasteiger partial charge in [-0.1, -0.05) is 13.0 Å². The minimum Gasteiger partial charge on any atom is -0.481 e. The molecule has 5 heteroatoms. The van der Waals surface area contributed by atoms with Crippen LogP contribution in [-0.4, -0.2) is 24.6 Å². The van der Waals surface area contributed by atoms with E-state index in [0.717, 1.165) is 12.0 Å². The van der Waals surface area contributed by atoms with Crippen LogP contribution >= 0.6 is 0 Å². The Labute approximate surface area is 125 Å². The van der Waals surface area contributed by atoms with E-state index in [1.165, 1.54) is 12.1 Å². The highest BCUT2D eigenvalue weighted by molar-refractivity contribution is 5.80. The first-order valence-corrected chi connectivity index (χ1v) is 7.06. The molecule has 1 amide bonds. The van der Waals surface area contributed by atoms with Crippen LogP contribution in [0.25, 0.3) is 0 Å². The molecule has 1 aromatic rings. The molecule has 0 saturated heterocycles. The highest BCUT2D eigenvalue weighted by atomic mass is 19.1. The largest absolute Gasteiger partial charge is 0.481 e. The van der Waals surface area contributed by atoms with Crippen LogP contribution in [0, 0.1) is 5.82 Å². The fourth-order valence-electron chi connectivity index (χ4n) is 1.83. The fourth-order valence-corrected chi connectivity index (χ4v) is 1.83. The normalized spacial score (nSPS) is 13.3. The zero-order valence-electron chi connectivity index (χ0n) is 12.6. The lowest BCUT2D eigenvalue weighted by Gasteiger charge is -2.16. The summed E-state index contributed by atoms with van der Waals surface area (Å²) in [5, 5.41) is 2.63. The number of nitrogens with one attached hydrogen (secondary N) is 1. The van der Waals surface area contributed by atoms with Gasteiger partial charge in [-0.2, -0.15) is 0 Å². The first-order chi connectivity index (χ1) is 9.96. The van der Waals surface area contributed by atoms with Crippen LogP contribution in [0.15, 0.2) is 30.9 Å². The third-order valence-electron chi connectivity index (χ3n) is 3.06. The Morgan fingerprint density at radius 1 is 1.52 bits per heavy atom. The summed E-state index contributed by atoms with van der Waals surface area (Å²) in [5.74, 6) is -0.343. The first-order valence-electron chi connectivity index (χ1n) is 7.06. The van der Waals surface area contributed by atoms with Crippen LogP contribution < -0.4 is 15.8 Å². The standard InChI is InChI=1S/C16H23FN2O2/c1-4-6-19-16(20)11(3)21-15-9-12(7-13(17)10-15)8-14(18)5-2/h4,7,9-11,14H,1,5-6,8,18H2,2-3H3,(H,19,20). The molecule has 2 unspecified atom stereocenters. The number of carbonyl (C=O) groups is 1. The number of rotatable bonds is 8. The molecule has 0 aliphatic rings.